The third kappa shape index (κ3) is 3.50. The van der Waals surface area contributed by atoms with Crippen molar-refractivity contribution in [3.05, 3.63) is 23.8 Å². The molecule has 4 nitrogen and oxygen atoms in total. The minimum absolute atomic E-state index is 0.0211. The molecule has 1 atom stereocenters. The van der Waals surface area contributed by atoms with Gasteiger partial charge < -0.3 is 20.1 Å². The minimum atomic E-state index is 0.0211. The number of hydrogen-bond donors (Lipinski definition) is 1. The van der Waals surface area contributed by atoms with Gasteiger partial charge in [-0.05, 0) is 37.6 Å². The molecule has 2 aliphatic rings. The second kappa shape index (κ2) is 6.67. The Morgan fingerprint density at radius 1 is 1.14 bits per heavy atom. The standard InChI is InChI=1S/C17H26N2O2/c1-19(14-5-2-3-6-14)12-15(18)13-7-8-16-17(11-13)21-10-4-9-20-16/h7-8,11,14-15H,2-6,9-10,12,18H2,1H3. The molecule has 1 unspecified atom stereocenters. The molecule has 2 N–H and O–H groups in total. The fourth-order valence-electron chi connectivity index (χ4n) is 3.32. The molecule has 0 amide bonds. The molecular weight excluding hydrogens is 264 g/mol. The second-order valence-corrected chi connectivity index (χ2v) is 6.24. The molecule has 1 aliphatic carbocycles. The van der Waals surface area contributed by atoms with E-state index >= 15 is 0 Å². The first-order chi connectivity index (χ1) is 10.2. The molecule has 0 spiro atoms. The molecule has 116 valence electrons. The van der Waals surface area contributed by atoms with E-state index in [9.17, 15) is 0 Å². The van der Waals surface area contributed by atoms with E-state index in [-0.39, 0.29) is 6.04 Å². The molecular formula is C17H26N2O2. The van der Waals surface area contributed by atoms with Crippen LogP contribution in [0, 0.1) is 0 Å². The summed E-state index contributed by atoms with van der Waals surface area (Å²) >= 11 is 0. The van der Waals surface area contributed by atoms with Crippen molar-refractivity contribution < 1.29 is 9.47 Å². The van der Waals surface area contributed by atoms with Gasteiger partial charge in [0, 0.05) is 25.0 Å². The van der Waals surface area contributed by atoms with Gasteiger partial charge in [-0.3, -0.25) is 0 Å². The molecule has 3 rings (SSSR count). The van der Waals surface area contributed by atoms with Crippen LogP contribution in [0.1, 0.15) is 43.7 Å². The Bertz CT molecular complexity index is 472. The molecule has 1 aliphatic heterocycles. The molecule has 1 heterocycles. The summed E-state index contributed by atoms with van der Waals surface area (Å²) < 4.78 is 11.4. The van der Waals surface area contributed by atoms with Crippen molar-refractivity contribution in [1.29, 1.82) is 0 Å². The number of nitrogens with two attached hydrogens (primary N) is 1. The van der Waals surface area contributed by atoms with Crippen molar-refractivity contribution in [3.8, 4) is 11.5 Å². The summed E-state index contributed by atoms with van der Waals surface area (Å²) in [6, 6.07) is 6.84. The van der Waals surface area contributed by atoms with Crippen molar-refractivity contribution in [3.63, 3.8) is 0 Å². The van der Waals surface area contributed by atoms with Gasteiger partial charge in [-0.2, -0.15) is 0 Å². The average Bonchev–Trinajstić information content (AvgIpc) is 2.92. The number of hydrogen-bond acceptors (Lipinski definition) is 4. The van der Waals surface area contributed by atoms with Crippen LogP contribution < -0.4 is 15.2 Å². The van der Waals surface area contributed by atoms with Gasteiger partial charge in [0.1, 0.15) is 0 Å². The largest absolute Gasteiger partial charge is 0.490 e. The lowest BCUT2D eigenvalue weighted by atomic mass is 10.1. The third-order valence-electron chi connectivity index (χ3n) is 4.63. The molecule has 0 saturated heterocycles. The molecule has 21 heavy (non-hydrogen) atoms. The maximum Gasteiger partial charge on any atom is 0.161 e. The molecule has 0 bridgehead atoms. The minimum Gasteiger partial charge on any atom is -0.490 e. The van der Waals surface area contributed by atoms with Gasteiger partial charge >= 0.3 is 0 Å². The predicted octanol–water partition coefficient (Wildman–Crippen LogP) is 2.72. The quantitative estimate of drug-likeness (QED) is 0.926. The number of fused-ring (bicyclic) bond motifs is 1. The van der Waals surface area contributed by atoms with Crippen molar-refractivity contribution in [1.82, 2.24) is 4.90 Å². The Balaban J connectivity index is 1.66. The SMILES string of the molecule is CN(CC(N)c1ccc2c(c1)OCCCO2)C1CCCC1. The fraction of sp³-hybridized carbons (Fsp3) is 0.647. The summed E-state index contributed by atoms with van der Waals surface area (Å²) in [6.45, 7) is 2.33. The van der Waals surface area contributed by atoms with Gasteiger partial charge in [0.15, 0.2) is 11.5 Å². The van der Waals surface area contributed by atoms with Gasteiger partial charge in [-0.1, -0.05) is 18.9 Å². The highest BCUT2D eigenvalue weighted by atomic mass is 16.5. The van der Waals surface area contributed by atoms with Crippen LogP contribution in [-0.2, 0) is 0 Å². The van der Waals surface area contributed by atoms with Crippen molar-refractivity contribution in [2.24, 2.45) is 5.73 Å². The maximum atomic E-state index is 6.40. The first-order valence-corrected chi connectivity index (χ1v) is 8.09. The molecule has 1 fully saturated rings. The zero-order valence-electron chi connectivity index (χ0n) is 12.9. The average molecular weight is 290 g/mol. The number of rotatable bonds is 4. The van der Waals surface area contributed by atoms with Crippen molar-refractivity contribution in [2.75, 3.05) is 26.8 Å². The lowest BCUT2D eigenvalue weighted by Crippen LogP contribution is -2.35. The molecule has 0 radical (unpaired) electrons. The van der Waals surface area contributed by atoms with Crippen molar-refractivity contribution in [2.45, 2.75) is 44.2 Å². The van der Waals surface area contributed by atoms with Crippen LogP contribution in [0.3, 0.4) is 0 Å². The van der Waals surface area contributed by atoms with Gasteiger partial charge in [0.25, 0.3) is 0 Å². The summed E-state index contributed by atoms with van der Waals surface area (Å²) in [4.78, 5) is 2.42. The smallest absolute Gasteiger partial charge is 0.161 e. The zero-order chi connectivity index (χ0) is 14.7. The Morgan fingerprint density at radius 3 is 2.62 bits per heavy atom. The van der Waals surface area contributed by atoms with E-state index in [0.29, 0.717) is 12.6 Å². The Hall–Kier alpha value is -1.26. The fourth-order valence-corrected chi connectivity index (χ4v) is 3.32. The predicted molar refractivity (Wildman–Crippen MR) is 83.9 cm³/mol. The first kappa shape index (κ1) is 14.7. The van der Waals surface area contributed by atoms with E-state index < -0.39 is 0 Å². The van der Waals surface area contributed by atoms with Crippen LogP contribution in [0.25, 0.3) is 0 Å². The summed E-state index contributed by atoms with van der Waals surface area (Å²) in [5.41, 5.74) is 7.53. The monoisotopic (exact) mass is 290 g/mol. The highest BCUT2D eigenvalue weighted by molar-refractivity contribution is 5.44. The van der Waals surface area contributed by atoms with Crippen LogP contribution in [0.5, 0.6) is 11.5 Å². The van der Waals surface area contributed by atoms with Crippen LogP contribution in [0.15, 0.2) is 18.2 Å². The van der Waals surface area contributed by atoms with E-state index in [1.54, 1.807) is 0 Å². The number of nitrogens with zero attached hydrogens (tertiary/aromatic N) is 1. The molecule has 1 saturated carbocycles. The van der Waals surface area contributed by atoms with Crippen LogP contribution in [-0.4, -0.2) is 37.7 Å². The Morgan fingerprint density at radius 2 is 1.86 bits per heavy atom. The number of likely N-dealkylation sites (N-methyl/N-ethyl adjacent to an activating group) is 1. The lowest BCUT2D eigenvalue weighted by Gasteiger charge is -2.27. The highest BCUT2D eigenvalue weighted by Crippen LogP contribution is 2.32. The maximum absolute atomic E-state index is 6.40. The highest BCUT2D eigenvalue weighted by Gasteiger charge is 2.22. The Kier molecular flexibility index (Phi) is 4.66. The molecule has 1 aromatic carbocycles. The molecule has 1 aromatic rings. The van der Waals surface area contributed by atoms with Crippen molar-refractivity contribution >= 4 is 0 Å². The van der Waals surface area contributed by atoms with E-state index in [1.807, 2.05) is 12.1 Å². The van der Waals surface area contributed by atoms with Gasteiger partial charge in [-0.15, -0.1) is 0 Å². The molecule has 4 heteroatoms. The summed E-state index contributed by atoms with van der Waals surface area (Å²) in [6.07, 6.45) is 6.26. The third-order valence-corrected chi connectivity index (χ3v) is 4.63. The summed E-state index contributed by atoms with van der Waals surface area (Å²) in [5.74, 6) is 1.68. The summed E-state index contributed by atoms with van der Waals surface area (Å²) in [5, 5.41) is 0. The van der Waals surface area contributed by atoms with E-state index in [4.69, 9.17) is 15.2 Å². The number of ether oxygens (including phenoxy) is 2. The first-order valence-electron chi connectivity index (χ1n) is 8.09. The second-order valence-electron chi connectivity index (χ2n) is 6.24. The van der Waals surface area contributed by atoms with Gasteiger partial charge in [-0.25, -0.2) is 0 Å². The van der Waals surface area contributed by atoms with Crippen LogP contribution >= 0.6 is 0 Å². The molecule has 0 aromatic heterocycles. The van der Waals surface area contributed by atoms with Gasteiger partial charge in [0.05, 0.1) is 13.2 Å². The number of benzene rings is 1. The normalized spacial score (nSPS) is 20.5. The van der Waals surface area contributed by atoms with Crippen LogP contribution in [0.4, 0.5) is 0 Å². The van der Waals surface area contributed by atoms with Gasteiger partial charge in [0.2, 0.25) is 0 Å². The van der Waals surface area contributed by atoms with E-state index in [0.717, 1.165) is 36.6 Å². The van der Waals surface area contributed by atoms with E-state index in [1.165, 1.54) is 25.7 Å². The van der Waals surface area contributed by atoms with E-state index in [2.05, 4.69) is 18.0 Å². The Labute approximate surface area is 127 Å². The summed E-state index contributed by atoms with van der Waals surface area (Å²) in [7, 11) is 2.19. The van der Waals surface area contributed by atoms with Crippen LogP contribution in [0.2, 0.25) is 0 Å². The topological polar surface area (TPSA) is 47.7 Å². The zero-order valence-corrected chi connectivity index (χ0v) is 12.9. The lowest BCUT2D eigenvalue weighted by molar-refractivity contribution is 0.231.